The Morgan fingerprint density at radius 3 is 2.28 bits per heavy atom. The molecule has 0 unspecified atom stereocenters. The molecule has 1 aliphatic heterocycles. The van der Waals surface area contributed by atoms with Crippen LogP contribution >= 0.6 is 0 Å². The second kappa shape index (κ2) is 7.34. The maximum absolute atomic E-state index is 12.5. The third-order valence-corrected chi connectivity index (χ3v) is 5.19. The van der Waals surface area contributed by atoms with Crippen molar-refractivity contribution in [3.05, 3.63) is 18.5 Å². The SMILES string of the molecule is O=C(Nc1ccnnc1)[C@@H]1CC12CCN(C(=O)OC(C(F)(F)F)C(F)(F)F)CC2. The van der Waals surface area contributed by atoms with Crippen molar-refractivity contribution in [1.29, 1.82) is 0 Å². The van der Waals surface area contributed by atoms with E-state index in [-0.39, 0.29) is 37.8 Å². The smallest absolute Gasteiger partial charge is 0.426 e. The topological polar surface area (TPSA) is 84.4 Å². The zero-order valence-corrected chi connectivity index (χ0v) is 14.8. The number of hydrogen-bond acceptors (Lipinski definition) is 5. The van der Waals surface area contributed by atoms with Crippen molar-refractivity contribution in [3.63, 3.8) is 0 Å². The maximum Gasteiger partial charge on any atom is 0.434 e. The van der Waals surface area contributed by atoms with Gasteiger partial charge in [0.15, 0.2) is 0 Å². The molecule has 7 nitrogen and oxygen atoms in total. The number of rotatable bonds is 3. The van der Waals surface area contributed by atoms with Gasteiger partial charge in [-0.3, -0.25) is 4.79 Å². The Balaban J connectivity index is 1.53. The van der Waals surface area contributed by atoms with E-state index < -0.39 is 30.0 Å². The summed E-state index contributed by atoms with van der Waals surface area (Å²) in [7, 11) is 0. The van der Waals surface area contributed by atoms with Crippen molar-refractivity contribution in [1.82, 2.24) is 15.1 Å². The molecule has 1 spiro atoms. The summed E-state index contributed by atoms with van der Waals surface area (Å²) in [5.74, 6) is -0.616. The van der Waals surface area contributed by atoms with Crippen LogP contribution in [0.1, 0.15) is 19.3 Å². The average molecular weight is 426 g/mol. The van der Waals surface area contributed by atoms with Crippen molar-refractivity contribution in [2.45, 2.75) is 37.7 Å². The Bertz CT molecular complexity index is 748. The molecule has 1 N–H and O–H groups in total. The lowest BCUT2D eigenvalue weighted by molar-refractivity contribution is -0.308. The number of carbonyl (C=O) groups is 2. The maximum atomic E-state index is 12.5. The van der Waals surface area contributed by atoms with Crippen molar-refractivity contribution in [3.8, 4) is 0 Å². The molecule has 2 aliphatic rings. The summed E-state index contributed by atoms with van der Waals surface area (Å²) in [6.45, 7) is -0.191. The molecule has 1 saturated heterocycles. The lowest BCUT2D eigenvalue weighted by Crippen LogP contribution is -2.49. The number of likely N-dealkylation sites (tertiary alicyclic amines) is 1. The van der Waals surface area contributed by atoms with E-state index >= 15 is 0 Å². The van der Waals surface area contributed by atoms with E-state index in [0.717, 1.165) is 4.90 Å². The molecular weight excluding hydrogens is 410 g/mol. The highest BCUT2D eigenvalue weighted by Gasteiger charge is 2.61. The first-order valence-corrected chi connectivity index (χ1v) is 8.59. The van der Waals surface area contributed by atoms with E-state index in [1.807, 2.05) is 0 Å². The highest BCUT2D eigenvalue weighted by Crippen LogP contribution is 2.59. The number of nitrogens with one attached hydrogen (secondary N) is 1. The first-order valence-electron chi connectivity index (χ1n) is 8.59. The molecule has 1 saturated carbocycles. The van der Waals surface area contributed by atoms with Gasteiger partial charge >= 0.3 is 18.4 Å². The van der Waals surface area contributed by atoms with Crippen molar-refractivity contribution in [2.75, 3.05) is 18.4 Å². The molecule has 0 aromatic carbocycles. The van der Waals surface area contributed by atoms with Crippen LogP contribution in [0.3, 0.4) is 0 Å². The van der Waals surface area contributed by atoms with Crippen molar-refractivity contribution in [2.24, 2.45) is 11.3 Å². The summed E-state index contributed by atoms with van der Waals surface area (Å²) in [6.07, 6.45) is -13.5. The van der Waals surface area contributed by atoms with Crippen molar-refractivity contribution < 1.29 is 40.7 Å². The van der Waals surface area contributed by atoms with Crippen LogP contribution in [-0.4, -0.2) is 58.6 Å². The molecular formula is C16H16F6N4O3. The Morgan fingerprint density at radius 1 is 1.14 bits per heavy atom. The summed E-state index contributed by atoms with van der Waals surface area (Å²) < 4.78 is 78.9. The average Bonchev–Trinajstić information content (AvgIpc) is 3.32. The predicted molar refractivity (Wildman–Crippen MR) is 84.4 cm³/mol. The highest BCUT2D eigenvalue weighted by atomic mass is 19.4. The quantitative estimate of drug-likeness (QED) is 0.751. The number of piperidine rings is 1. The first-order chi connectivity index (χ1) is 13.4. The normalized spacial score (nSPS) is 21.2. The van der Waals surface area contributed by atoms with Crippen LogP contribution in [0.5, 0.6) is 0 Å². The number of carbonyl (C=O) groups excluding carboxylic acids is 2. The molecule has 1 aliphatic carbocycles. The summed E-state index contributed by atoms with van der Waals surface area (Å²) in [6, 6.07) is 1.55. The van der Waals surface area contributed by atoms with Gasteiger partial charge in [-0.15, -0.1) is 0 Å². The number of hydrogen-bond donors (Lipinski definition) is 1. The summed E-state index contributed by atoms with van der Waals surface area (Å²) >= 11 is 0. The number of aromatic nitrogens is 2. The minimum atomic E-state index is -5.76. The third kappa shape index (κ3) is 4.70. The lowest BCUT2D eigenvalue weighted by atomic mass is 9.91. The number of halogens is 6. The van der Waals surface area contributed by atoms with Crippen LogP contribution in [0.25, 0.3) is 0 Å². The van der Waals surface area contributed by atoms with Crippen LogP contribution in [0.4, 0.5) is 36.8 Å². The second-order valence-corrected chi connectivity index (χ2v) is 7.07. The van der Waals surface area contributed by atoms with Crippen LogP contribution < -0.4 is 5.32 Å². The number of alkyl halides is 6. The van der Waals surface area contributed by atoms with E-state index in [0.29, 0.717) is 12.1 Å². The molecule has 2 heterocycles. The lowest BCUT2D eigenvalue weighted by Gasteiger charge is -2.33. The molecule has 29 heavy (non-hydrogen) atoms. The van der Waals surface area contributed by atoms with E-state index in [4.69, 9.17) is 0 Å². The van der Waals surface area contributed by atoms with Gasteiger partial charge in [0.25, 0.3) is 6.10 Å². The Hall–Kier alpha value is -2.60. The minimum Gasteiger partial charge on any atom is -0.426 e. The van der Waals surface area contributed by atoms with Gasteiger partial charge in [-0.1, -0.05) is 0 Å². The molecule has 1 aromatic rings. The molecule has 160 valence electrons. The summed E-state index contributed by atoms with van der Waals surface area (Å²) in [5.41, 5.74) is 0.0350. The fourth-order valence-corrected chi connectivity index (χ4v) is 3.49. The van der Waals surface area contributed by atoms with Crippen molar-refractivity contribution >= 4 is 17.7 Å². The van der Waals surface area contributed by atoms with Gasteiger partial charge in [0, 0.05) is 19.0 Å². The van der Waals surface area contributed by atoms with E-state index in [1.165, 1.54) is 12.4 Å². The molecule has 2 amide bonds. The highest BCUT2D eigenvalue weighted by molar-refractivity contribution is 5.95. The number of amides is 2. The minimum absolute atomic E-state index is 0.0954. The van der Waals surface area contributed by atoms with Crippen LogP contribution in [0.15, 0.2) is 18.5 Å². The Morgan fingerprint density at radius 2 is 1.76 bits per heavy atom. The van der Waals surface area contributed by atoms with Gasteiger partial charge in [0.2, 0.25) is 5.91 Å². The number of ether oxygens (including phenoxy) is 1. The zero-order valence-electron chi connectivity index (χ0n) is 14.8. The predicted octanol–water partition coefficient (Wildman–Crippen LogP) is 3.15. The Labute approximate surface area is 160 Å². The third-order valence-electron chi connectivity index (χ3n) is 5.19. The van der Waals surface area contributed by atoms with Gasteiger partial charge in [-0.05, 0) is 30.7 Å². The molecule has 1 atom stereocenters. The van der Waals surface area contributed by atoms with Gasteiger partial charge in [-0.2, -0.15) is 36.5 Å². The largest absolute Gasteiger partial charge is 0.434 e. The molecule has 1 aromatic heterocycles. The zero-order chi connectivity index (χ0) is 21.4. The number of anilines is 1. The second-order valence-electron chi connectivity index (χ2n) is 7.07. The molecule has 0 radical (unpaired) electrons. The van der Waals surface area contributed by atoms with Gasteiger partial charge in [0.1, 0.15) is 0 Å². The molecule has 13 heteroatoms. The fourth-order valence-electron chi connectivity index (χ4n) is 3.49. The molecule has 0 bridgehead atoms. The van der Waals surface area contributed by atoms with E-state index in [2.05, 4.69) is 20.3 Å². The van der Waals surface area contributed by atoms with E-state index in [9.17, 15) is 35.9 Å². The monoisotopic (exact) mass is 426 g/mol. The molecule has 3 rings (SSSR count). The standard InChI is InChI=1S/C16H16F6N4O3/c17-15(18,19)12(16(20,21)22)29-13(28)26-5-2-14(3-6-26)7-10(14)11(27)25-9-1-4-23-24-8-9/h1,4,8,10,12H,2-3,5-7H2,(H,23,25,27)/t10-/m0/s1. The first kappa shape index (κ1) is 21.1. The van der Waals surface area contributed by atoms with Crippen LogP contribution in [0.2, 0.25) is 0 Å². The summed E-state index contributed by atoms with van der Waals surface area (Å²) in [5, 5.41) is 9.88. The summed E-state index contributed by atoms with van der Waals surface area (Å²) in [4.78, 5) is 24.9. The van der Waals surface area contributed by atoms with Crippen LogP contribution in [-0.2, 0) is 9.53 Å². The number of nitrogens with zero attached hydrogens (tertiary/aromatic N) is 3. The van der Waals surface area contributed by atoms with Gasteiger partial charge in [0.05, 0.1) is 18.1 Å². The Kier molecular flexibility index (Phi) is 5.34. The van der Waals surface area contributed by atoms with Crippen LogP contribution in [0, 0.1) is 11.3 Å². The van der Waals surface area contributed by atoms with Gasteiger partial charge < -0.3 is 15.0 Å². The fraction of sp³-hybridized carbons (Fsp3) is 0.625. The molecule has 2 fully saturated rings. The van der Waals surface area contributed by atoms with E-state index in [1.54, 1.807) is 6.07 Å². The van der Waals surface area contributed by atoms with Gasteiger partial charge in [-0.25, -0.2) is 4.79 Å².